The number of unbranched alkanes of at least 4 members (excludes halogenated alkanes) is 4. The van der Waals surface area contributed by atoms with Crippen molar-refractivity contribution in [1.82, 2.24) is 4.98 Å². The number of quaternary nitrogens is 1. The SMILES string of the molecule is C/C(=C\c1csc(C)n1)C(N)CC1OC1(C)CCCC(C)C(O)C(C)C(=O)C(C)(C)C(O)CC(=O)[O-].CCCC[N+](CCCC)(CCCC)CCCC. The fourth-order valence-electron chi connectivity index (χ4n) is 7.41. The second-order valence-corrected chi connectivity index (χ2v) is 18.0. The fourth-order valence-corrected chi connectivity index (χ4v) is 7.98. The highest BCUT2D eigenvalue weighted by Crippen LogP contribution is 2.44. The number of hydrogen-bond acceptors (Lipinski definition) is 9. The number of aromatic nitrogens is 1. The minimum Gasteiger partial charge on any atom is -0.550 e. The van der Waals surface area contributed by atoms with Crippen LogP contribution in [-0.2, 0) is 14.3 Å². The van der Waals surface area contributed by atoms with E-state index >= 15 is 0 Å². The Hall–Kier alpha value is -1.69. The number of aryl methyl sites for hydroxylation is 1. The number of hydrogen-bond donors (Lipinski definition) is 3. The molecular formula is C43H79N3O6S. The molecule has 53 heavy (non-hydrogen) atoms. The van der Waals surface area contributed by atoms with E-state index in [0.29, 0.717) is 6.42 Å². The number of ketones is 1. The number of carbonyl (C=O) groups is 2. The van der Waals surface area contributed by atoms with Gasteiger partial charge in [0.2, 0.25) is 0 Å². The summed E-state index contributed by atoms with van der Waals surface area (Å²) in [5, 5.41) is 34.8. The van der Waals surface area contributed by atoms with Crippen LogP contribution in [-0.4, -0.2) is 87.6 Å². The van der Waals surface area contributed by atoms with Crippen molar-refractivity contribution in [3.05, 3.63) is 21.7 Å². The predicted molar refractivity (Wildman–Crippen MR) is 218 cm³/mol. The molecule has 0 amide bonds. The van der Waals surface area contributed by atoms with Gasteiger partial charge < -0.3 is 35.1 Å². The second kappa shape index (κ2) is 24.1. The number of carbonyl (C=O) groups excluding carboxylic acids is 2. The highest BCUT2D eigenvalue weighted by molar-refractivity contribution is 7.09. The van der Waals surface area contributed by atoms with Crippen LogP contribution in [0, 0.1) is 24.2 Å². The van der Waals surface area contributed by atoms with Gasteiger partial charge in [0.25, 0.3) is 0 Å². The summed E-state index contributed by atoms with van der Waals surface area (Å²) in [5.41, 5.74) is 6.87. The van der Waals surface area contributed by atoms with Gasteiger partial charge in [-0.05, 0) is 77.7 Å². The highest BCUT2D eigenvalue weighted by atomic mass is 32.1. The zero-order chi connectivity index (χ0) is 40.4. The number of aliphatic hydroxyl groups is 2. The van der Waals surface area contributed by atoms with E-state index < -0.39 is 35.9 Å². The van der Waals surface area contributed by atoms with Crippen LogP contribution in [0.1, 0.15) is 163 Å². The van der Waals surface area contributed by atoms with E-state index in [1.165, 1.54) is 95.9 Å². The second-order valence-electron chi connectivity index (χ2n) is 16.9. The van der Waals surface area contributed by atoms with Crippen molar-refractivity contribution in [3.63, 3.8) is 0 Å². The van der Waals surface area contributed by atoms with Crippen molar-refractivity contribution < 1.29 is 34.1 Å². The van der Waals surface area contributed by atoms with Gasteiger partial charge in [-0.2, -0.15) is 0 Å². The quantitative estimate of drug-likeness (QED) is 0.0612. The number of epoxide rings is 1. The van der Waals surface area contributed by atoms with Crippen LogP contribution in [0.2, 0.25) is 0 Å². The lowest BCUT2D eigenvalue weighted by molar-refractivity contribution is -0.929. The van der Waals surface area contributed by atoms with E-state index in [0.717, 1.165) is 35.5 Å². The first kappa shape index (κ1) is 49.3. The van der Waals surface area contributed by atoms with Gasteiger partial charge in [0.05, 0.1) is 60.8 Å². The third kappa shape index (κ3) is 16.9. The Bertz CT molecular complexity index is 1200. The monoisotopic (exact) mass is 766 g/mol. The number of carboxylic acid groups (broad SMARTS) is 1. The Morgan fingerprint density at radius 2 is 1.53 bits per heavy atom. The molecule has 2 rings (SSSR count). The summed E-state index contributed by atoms with van der Waals surface area (Å²) >= 11 is 1.61. The molecule has 0 radical (unpaired) electrons. The number of carboxylic acids is 1. The van der Waals surface area contributed by atoms with Crippen molar-refractivity contribution >= 4 is 29.2 Å². The van der Waals surface area contributed by atoms with Crippen molar-refractivity contribution in [2.45, 2.75) is 190 Å². The number of aliphatic hydroxyl groups excluding tert-OH is 2. The average Bonchev–Trinajstić information content (AvgIpc) is 3.55. The van der Waals surface area contributed by atoms with Gasteiger partial charge in [0.15, 0.2) is 0 Å². The van der Waals surface area contributed by atoms with Crippen LogP contribution in [0.4, 0.5) is 0 Å². The lowest BCUT2D eigenvalue weighted by atomic mass is 9.73. The molecule has 2 heterocycles. The molecule has 1 aliphatic rings. The lowest BCUT2D eigenvalue weighted by Crippen LogP contribution is -2.50. The topological polar surface area (TPSA) is 149 Å². The van der Waals surface area contributed by atoms with E-state index in [1.807, 2.05) is 32.2 Å². The molecule has 308 valence electrons. The Morgan fingerprint density at radius 1 is 1.02 bits per heavy atom. The number of Topliss-reactive ketones (excluding diaryl/α,β-unsaturated/α-hetero) is 1. The molecule has 1 saturated heterocycles. The van der Waals surface area contributed by atoms with Crippen molar-refractivity contribution in [1.29, 1.82) is 0 Å². The van der Waals surface area contributed by atoms with E-state index in [-0.39, 0.29) is 29.4 Å². The minimum absolute atomic E-state index is 0.0831. The zero-order valence-corrected chi connectivity index (χ0v) is 36.4. The Labute approximate surface area is 327 Å². The van der Waals surface area contributed by atoms with Crippen LogP contribution in [0.15, 0.2) is 11.0 Å². The lowest BCUT2D eigenvalue weighted by Gasteiger charge is -2.39. The molecular weight excluding hydrogens is 687 g/mol. The summed E-state index contributed by atoms with van der Waals surface area (Å²) in [6.07, 6.45) is 13.4. The van der Waals surface area contributed by atoms with Gasteiger partial charge in [-0.15, -0.1) is 11.3 Å². The van der Waals surface area contributed by atoms with Crippen LogP contribution in [0.25, 0.3) is 6.08 Å². The van der Waals surface area contributed by atoms with Crippen LogP contribution < -0.4 is 10.8 Å². The number of aliphatic carboxylic acids is 1. The first-order valence-electron chi connectivity index (χ1n) is 20.8. The number of nitrogens with two attached hydrogens (primary N) is 1. The largest absolute Gasteiger partial charge is 0.550 e. The average molecular weight is 766 g/mol. The molecule has 0 spiro atoms. The molecule has 0 aromatic carbocycles. The van der Waals surface area contributed by atoms with Crippen molar-refractivity contribution in [2.24, 2.45) is 23.0 Å². The van der Waals surface area contributed by atoms with Gasteiger partial charge in [0.1, 0.15) is 5.78 Å². The summed E-state index contributed by atoms with van der Waals surface area (Å²) in [4.78, 5) is 28.2. The van der Waals surface area contributed by atoms with Crippen LogP contribution in [0.3, 0.4) is 0 Å². The summed E-state index contributed by atoms with van der Waals surface area (Å²) < 4.78 is 7.41. The molecule has 4 N–H and O–H groups in total. The molecule has 10 heteroatoms. The summed E-state index contributed by atoms with van der Waals surface area (Å²) in [7, 11) is 0. The first-order chi connectivity index (χ1) is 24.8. The molecule has 0 saturated carbocycles. The molecule has 0 bridgehead atoms. The van der Waals surface area contributed by atoms with Crippen molar-refractivity contribution in [3.8, 4) is 0 Å². The maximum atomic E-state index is 12.9. The Balaban J connectivity index is 0.000000695. The Morgan fingerprint density at radius 3 is 1.96 bits per heavy atom. The summed E-state index contributed by atoms with van der Waals surface area (Å²) in [5.74, 6) is -2.66. The van der Waals surface area contributed by atoms with E-state index in [1.54, 1.807) is 18.3 Å². The summed E-state index contributed by atoms with van der Waals surface area (Å²) in [6, 6.07) is -0.109. The number of rotatable bonds is 27. The number of thiazole rings is 1. The van der Waals surface area contributed by atoms with Gasteiger partial charge >= 0.3 is 0 Å². The van der Waals surface area contributed by atoms with Crippen molar-refractivity contribution in [2.75, 3.05) is 26.2 Å². The molecule has 7 atom stereocenters. The van der Waals surface area contributed by atoms with Crippen LogP contribution >= 0.6 is 11.3 Å². The van der Waals surface area contributed by atoms with Gasteiger partial charge in [-0.3, -0.25) is 4.79 Å². The summed E-state index contributed by atoms with van der Waals surface area (Å²) in [6.45, 7) is 27.6. The predicted octanol–water partition coefficient (Wildman–Crippen LogP) is 7.63. The molecule has 0 aliphatic carbocycles. The standard InChI is InChI=1S/C27H44N2O6S.C16H36N/c1-15(24(33)17(3)25(34)26(5,6)21(30)13-23(31)32)9-8-10-27(7)22(35-27)12-20(28)16(2)11-19-14-36-18(4)29-19;1-5-9-13-17(14-10-6-2,15-11-7-3)16-12-8-4/h11,14-15,17,20-22,24,30,33H,8-10,12-13,28H2,1-7H3,(H,31,32);5-16H2,1-4H3/q;+1/p-1/b16-11+;. The molecule has 1 fully saturated rings. The molecule has 9 nitrogen and oxygen atoms in total. The first-order valence-corrected chi connectivity index (χ1v) is 21.7. The fraction of sp³-hybridized carbons (Fsp3) is 0.837. The van der Waals surface area contributed by atoms with Gasteiger partial charge in [-0.1, -0.05) is 93.1 Å². The van der Waals surface area contributed by atoms with E-state index in [9.17, 15) is 24.9 Å². The number of nitrogens with zero attached hydrogens (tertiary/aromatic N) is 2. The molecule has 7 unspecified atom stereocenters. The molecule has 1 aromatic heterocycles. The van der Waals surface area contributed by atoms with Gasteiger partial charge in [-0.25, -0.2) is 4.98 Å². The maximum Gasteiger partial charge on any atom is 0.146 e. The molecule has 1 aromatic rings. The third-order valence-electron chi connectivity index (χ3n) is 11.7. The van der Waals surface area contributed by atoms with E-state index in [4.69, 9.17) is 10.5 Å². The zero-order valence-electron chi connectivity index (χ0n) is 35.5. The third-order valence-corrected chi connectivity index (χ3v) is 12.5. The van der Waals surface area contributed by atoms with E-state index in [2.05, 4.69) is 39.6 Å². The Kier molecular flexibility index (Phi) is 22.4. The normalized spacial score (nSPS) is 20.6. The van der Waals surface area contributed by atoms with Crippen LogP contribution in [0.5, 0.6) is 0 Å². The minimum atomic E-state index is -1.42. The smallest absolute Gasteiger partial charge is 0.146 e. The highest BCUT2D eigenvalue weighted by Gasteiger charge is 2.51. The van der Waals surface area contributed by atoms with Gasteiger partial charge in [0, 0.05) is 35.1 Å². The molecule has 1 aliphatic heterocycles. The maximum absolute atomic E-state index is 12.9. The number of ether oxygens (including phenoxy) is 1.